The van der Waals surface area contributed by atoms with Crippen LogP contribution in [0.25, 0.3) is 0 Å². The highest BCUT2D eigenvalue weighted by molar-refractivity contribution is 6.83. The Kier molecular flexibility index (Phi) is 10.6. The molecular formula is C8Cl17O. The van der Waals surface area contributed by atoms with Crippen LogP contribution in [0.4, 0.5) is 0 Å². The zero-order valence-corrected chi connectivity index (χ0v) is 23.7. The molecule has 0 atom stereocenters. The average molecular weight is 715 g/mol. The molecule has 0 amide bonds. The first-order chi connectivity index (χ1) is 10.8. The highest BCUT2D eigenvalue weighted by Gasteiger charge is 2.83. The molecule has 0 rings (SSSR count). The smallest absolute Gasteiger partial charge is 0.190 e. The first-order valence-electron chi connectivity index (χ1n) is 5.17. The van der Waals surface area contributed by atoms with E-state index in [4.69, 9.17) is 197 Å². The summed E-state index contributed by atoms with van der Waals surface area (Å²) in [7, 11) is 0. The van der Waals surface area contributed by atoms with Crippen LogP contribution in [0.3, 0.4) is 0 Å². The molecule has 0 aliphatic carbocycles. The van der Waals surface area contributed by atoms with Crippen LogP contribution in [-0.2, 0) is 5.11 Å². The topological polar surface area (TPSA) is 19.9 Å². The monoisotopic (exact) mass is 706 g/mol. The number of hydrogen-bond acceptors (Lipinski definition) is 0. The summed E-state index contributed by atoms with van der Waals surface area (Å²) < 4.78 is -21.4. The Bertz CT molecular complexity index is 504. The van der Waals surface area contributed by atoms with E-state index < -0.39 is 34.3 Å². The van der Waals surface area contributed by atoms with Crippen molar-refractivity contribution in [3.63, 3.8) is 0 Å². The fourth-order valence-corrected chi connectivity index (χ4v) is 7.38. The Morgan fingerprint density at radius 3 is 0.769 bits per heavy atom. The quantitative estimate of drug-likeness (QED) is 0.253. The van der Waals surface area contributed by atoms with Crippen LogP contribution in [0.5, 0.6) is 0 Å². The minimum Gasteiger partial charge on any atom is -0.190 e. The van der Waals surface area contributed by atoms with E-state index in [2.05, 4.69) is 0 Å². The van der Waals surface area contributed by atoms with Gasteiger partial charge in [-0.2, -0.15) is 5.11 Å². The molecule has 0 aliphatic heterocycles. The summed E-state index contributed by atoms with van der Waals surface area (Å²) in [6.45, 7) is 0. The molecule has 1 nitrogen and oxygen atoms in total. The van der Waals surface area contributed by atoms with Gasteiger partial charge in [0.1, 0.15) is 0 Å². The van der Waals surface area contributed by atoms with Crippen LogP contribution < -0.4 is 0 Å². The van der Waals surface area contributed by atoms with Crippen LogP contribution in [-0.4, -0.2) is 34.3 Å². The molecule has 0 aromatic carbocycles. The molecule has 0 unspecified atom stereocenters. The Labute approximate surface area is 233 Å². The molecule has 0 saturated carbocycles. The third kappa shape index (κ3) is 4.88. The lowest BCUT2D eigenvalue weighted by Gasteiger charge is -2.55. The number of alkyl halides is 17. The summed E-state index contributed by atoms with van der Waals surface area (Å²) in [4.78, 5) is -2.99. The van der Waals surface area contributed by atoms with Gasteiger partial charge in [-0.25, -0.2) is 0 Å². The third-order valence-electron chi connectivity index (χ3n) is 2.76. The van der Waals surface area contributed by atoms with Crippen molar-refractivity contribution in [3.05, 3.63) is 0 Å². The van der Waals surface area contributed by atoms with Gasteiger partial charge in [-0.1, -0.05) is 186 Å². The van der Waals surface area contributed by atoms with Crippen molar-refractivity contribution in [1.82, 2.24) is 0 Å². The van der Waals surface area contributed by atoms with Crippen LogP contribution in [0, 0.1) is 0 Å². The van der Waals surface area contributed by atoms with Crippen LogP contribution in [0.1, 0.15) is 0 Å². The van der Waals surface area contributed by atoms with Crippen molar-refractivity contribution in [3.8, 4) is 0 Å². The predicted molar refractivity (Wildman–Crippen MR) is 122 cm³/mol. The highest BCUT2D eigenvalue weighted by atomic mass is 35.6. The second kappa shape index (κ2) is 8.92. The van der Waals surface area contributed by atoms with E-state index in [1.807, 2.05) is 0 Å². The Balaban J connectivity index is 6.86. The Morgan fingerprint density at radius 1 is 0.346 bits per heavy atom. The first kappa shape index (κ1) is 30.9. The SMILES string of the molecule is [O]C(Cl)(Cl)C(Cl)(Cl)C(Cl)(Cl)C(Cl)(Cl)C(Cl)(Cl)C(Cl)(C(Cl)(Cl)Cl)C(Cl)(Cl)Cl. The third-order valence-corrected chi connectivity index (χ3v) is 12.7. The van der Waals surface area contributed by atoms with Crippen LogP contribution >= 0.6 is 197 Å². The molecule has 26 heavy (non-hydrogen) atoms. The Hall–Kier alpha value is 4.89. The first-order valence-corrected chi connectivity index (χ1v) is 11.6. The normalized spacial score (nSPS) is 16.8. The summed E-state index contributed by atoms with van der Waals surface area (Å²) >= 11 is 99.4. The van der Waals surface area contributed by atoms with Crippen molar-refractivity contribution in [2.75, 3.05) is 0 Å². The van der Waals surface area contributed by atoms with Gasteiger partial charge in [0.15, 0.2) is 17.9 Å². The van der Waals surface area contributed by atoms with Crippen molar-refractivity contribution in [2.24, 2.45) is 0 Å². The lowest BCUT2D eigenvalue weighted by molar-refractivity contribution is 0.0977. The predicted octanol–water partition coefficient (Wildman–Crippen LogP) is 9.96. The summed E-state index contributed by atoms with van der Waals surface area (Å²) in [6.07, 6.45) is 0. The van der Waals surface area contributed by atoms with Crippen molar-refractivity contribution in [2.45, 2.75) is 34.3 Å². The lowest BCUT2D eigenvalue weighted by atomic mass is 9.99. The van der Waals surface area contributed by atoms with Crippen LogP contribution in [0.15, 0.2) is 0 Å². The van der Waals surface area contributed by atoms with Crippen molar-refractivity contribution in [1.29, 1.82) is 0 Å². The molecule has 157 valence electrons. The van der Waals surface area contributed by atoms with E-state index in [0.717, 1.165) is 0 Å². The molecule has 0 spiro atoms. The highest BCUT2D eigenvalue weighted by Crippen LogP contribution is 2.73. The number of rotatable bonds is 5. The maximum atomic E-state index is 11.9. The fraction of sp³-hybridized carbons (Fsp3) is 1.00. The lowest BCUT2D eigenvalue weighted by Crippen LogP contribution is -2.72. The second-order valence-electron chi connectivity index (χ2n) is 4.47. The number of hydrogen-bond donors (Lipinski definition) is 0. The largest absolute Gasteiger partial charge is 0.286 e. The summed E-state index contributed by atoms with van der Waals surface area (Å²) in [5.74, 6) is 0. The van der Waals surface area contributed by atoms with Gasteiger partial charge in [0.05, 0.1) is 0 Å². The van der Waals surface area contributed by atoms with E-state index in [-0.39, 0.29) is 0 Å². The zero-order valence-electron chi connectivity index (χ0n) is 10.8. The second-order valence-corrected chi connectivity index (χ2v) is 16.2. The van der Waals surface area contributed by atoms with Crippen molar-refractivity contribution < 1.29 is 5.11 Å². The molecule has 18 heteroatoms. The van der Waals surface area contributed by atoms with E-state index in [9.17, 15) is 5.11 Å². The summed E-state index contributed by atoms with van der Waals surface area (Å²) in [5.41, 5.74) is 0. The molecule has 1 radical (unpaired) electrons. The zero-order chi connectivity index (χ0) is 22.0. The van der Waals surface area contributed by atoms with Gasteiger partial charge in [0.25, 0.3) is 4.52 Å². The van der Waals surface area contributed by atoms with Gasteiger partial charge in [-0.3, -0.25) is 0 Å². The molecule has 0 saturated heterocycles. The Morgan fingerprint density at radius 2 is 0.577 bits per heavy atom. The summed E-state index contributed by atoms with van der Waals surface area (Å²) in [5, 5.41) is 11.9. The standard InChI is InChI=1S/C8Cl17O/c9-1(6(18,19)20,7(21,22)23)2(10,11)3(12,13)4(14,15)5(16,17)8(24,25)26. The molecule has 0 heterocycles. The van der Waals surface area contributed by atoms with Gasteiger partial charge in [-0.15, -0.1) is 11.6 Å². The van der Waals surface area contributed by atoms with Gasteiger partial charge >= 0.3 is 0 Å². The van der Waals surface area contributed by atoms with E-state index in [0.29, 0.717) is 0 Å². The maximum Gasteiger partial charge on any atom is 0.286 e. The minimum atomic E-state index is -3.33. The van der Waals surface area contributed by atoms with Crippen molar-refractivity contribution >= 4 is 197 Å². The molecule has 0 aromatic heterocycles. The molecule has 0 aromatic rings. The molecule has 0 bridgehead atoms. The summed E-state index contributed by atoms with van der Waals surface area (Å²) in [6, 6.07) is 0. The molecular weight excluding hydrogens is 715 g/mol. The molecule has 0 N–H and O–H groups in total. The maximum absolute atomic E-state index is 11.9. The van der Waals surface area contributed by atoms with Gasteiger partial charge in [-0.05, 0) is 0 Å². The van der Waals surface area contributed by atoms with E-state index in [1.54, 1.807) is 0 Å². The molecule has 0 fully saturated rings. The van der Waals surface area contributed by atoms with Crippen LogP contribution in [0.2, 0.25) is 0 Å². The van der Waals surface area contributed by atoms with Gasteiger partial charge in [0.2, 0.25) is 11.9 Å². The van der Waals surface area contributed by atoms with Gasteiger partial charge < -0.3 is 0 Å². The molecule has 0 aliphatic rings. The average Bonchev–Trinajstić information content (AvgIpc) is 2.32. The fourth-order valence-electron chi connectivity index (χ4n) is 1.31. The number of halogens is 17. The van der Waals surface area contributed by atoms with Gasteiger partial charge in [0, 0.05) is 0 Å². The minimum absolute atomic E-state index is 2.79. The van der Waals surface area contributed by atoms with E-state index in [1.165, 1.54) is 0 Å². The van der Waals surface area contributed by atoms with E-state index >= 15 is 0 Å².